The number of nitrogens with one attached hydrogen (secondary N) is 2. The van der Waals surface area contributed by atoms with Crippen molar-refractivity contribution < 1.29 is 9.53 Å². The molecule has 5 heteroatoms. The number of unbranched alkanes of at least 4 members (excludes halogenated alkanes) is 11. The van der Waals surface area contributed by atoms with Crippen LogP contribution >= 0.6 is 0 Å². The van der Waals surface area contributed by atoms with Crippen molar-refractivity contribution in [1.29, 1.82) is 0 Å². The van der Waals surface area contributed by atoms with Crippen LogP contribution in [0.15, 0.2) is 89.7 Å². The molecule has 1 aliphatic carbocycles. The van der Waals surface area contributed by atoms with Crippen molar-refractivity contribution in [3.63, 3.8) is 0 Å². The minimum absolute atomic E-state index is 0.0501. The van der Waals surface area contributed by atoms with Crippen LogP contribution in [0.5, 0.6) is 11.5 Å². The summed E-state index contributed by atoms with van der Waals surface area (Å²) in [6.07, 6.45) is 16.8. The SMILES string of the molecule is CCCCCCCCCCCCCCc1c2c3c(c(Nc4ccccc4)cc(Oc4ccc(C(C)(C)CC)cc4)c3[nH]c1=O)C(=O)c1ccccc1-2. The summed E-state index contributed by atoms with van der Waals surface area (Å²) in [7, 11) is 0. The van der Waals surface area contributed by atoms with Crippen LogP contribution in [-0.2, 0) is 11.8 Å². The third-order valence-electron chi connectivity index (χ3n) is 11.1. The Kier molecular flexibility index (Phi) is 12.3. The van der Waals surface area contributed by atoms with E-state index in [2.05, 4.69) is 50.1 Å². The number of carbonyl (C=O) groups is 1. The van der Waals surface area contributed by atoms with Gasteiger partial charge in [-0.25, -0.2) is 0 Å². The lowest BCUT2D eigenvalue weighted by molar-refractivity contribution is 0.104. The fourth-order valence-corrected chi connectivity index (χ4v) is 7.60. The first-order valence-corrected chi connectivity index (χ1v) is 19.8. The zero-order chi connectivity index (χ0) is 36.5. The van der Waals surface area contributed by atoms with Crippen LogP contribution in [0, 0.1) is 0 Å². The van der Waals surface area contributed by atoms with Crippen LogP contribution in [0.1, 0.15) is 138 Å². The molecule has 52 heavy (non-hydrogen) atoms. The van der Waals surface area contributed by atoms with Crippen LogP contribution < -0.4 is 15.6 Å². The van der Waals surface area contributed by atoms with E-state index in [1.807, 2.05) is 72.8 Å². The Morgan fingerprint density at radius 3 is 1.90 bits per heavy atom. The molecule has 0 atom stereocenters. The van der Waals surface area contributed by atoms with Gasteiger partial charge in [0.15, 0.2) is 11.5 Å². The number of benzene rings is 4. The second kappa shape index (κ2) is 17.3. The first kappa shape index (κ1) is 37.1. The highest BCUT2D eigenvalue weighted by atomic mass is 16.5. The van der Waals surface area contributed by atoms with Gasteiger partial charge < -0.3 is 15.0 Å². The summed E-state index contributed by atoms with van der Waals surface area (Å²) in [6, 6.07) is 27.7. The number of hydrogen-bond donors (Lipinski definition) is 2. The lowest BCUT2D eigenvalue weighted by atomic mass is 9.80. The smallest absolute Gasteiger partial charge is 0.252 e. The maximum absolute atomic E-state index is 14.4. The van der Waals surface area contributed by atoms with E-state index in [0.29, 0.717) is 40.3 Å². The van der Waals surface area contributed by atoms with E-state index >= 15 is 0 Å². The highest BCUT2D eigenvalue weighted by Crippen LogP contribution is 2.47. The van der Waals surface area contributed by atoms with E-state index in [1.165, 1.54) is 69.8 Å². The number of H-pyrrole nitrogens is 1. The van der Waals surface area contributed by atoms with E-state index in [0.717, 1.165) is 47.0 Å². The third-order valence-corrected chi connectivity index (χ3v) is 11.1. The van der Waals surface area contributed by atoms with Crippen molar-refractivity contribution in [2.75, 3.05) is 5.32 Å². The average molecular weight is 697 g/mol. The molecule has 1 aliphatic rings. The second-order valence-corrected chi connectivity index (χ2v) is 15.2. The molecule has 272 valence electrons. The normalized spacial score (nSPS) is 12.3. The highest BCUT2D eigenvalue weighted by Gasteiger charge is 2.32. The molecule has 5 aromatic rings. The first-order valence-electron chi connectivity index (χ1n) is 19.8. The van der Waals surface area contributed by atoms with E-state index in [4.69, 9.17) is 4.74 Å². The van der Waals surface area contributed by atoms with Gasteiger partial charge >= 0.3 is 0 Å². The molecular formula is C47H56N2O3. The van der Waals surface area contributed by atoms with Gasteiger partial charge in [-0.1, -0.05) is 153 Å². The average Bonchev–Trinajstić information content (AvgIpc) is 3.16. The van der Waals surface area contributed by atoms with Crippen LogP contribution in [0.2, 0.25) is 0 Å². The van der Waals surface area contributed by atoms with Crippen molar-refractivity contribution in [2.24, 2.45) is 0 Å². The lowest BCUT2D eigenvalue weighted by Gasteiger charge is -2.26. The highest BCUT2D eigenvalue weighted by molar-refractivity contribution is 6.29. The van der Waals surface area contributed by atoms with E-state index in [-0.39, 0.29) is 16.8 Å². The maximum Gasteiger partial charge on any atom is 0.252 e. The van der Waals surface area contributed by atoms with E-state index < -0.39 is 0 Å². The van der Waals surface area contributed by atoms with E-state index in [1.54, 1.807) is 0 Å². The fraction of sp³-hybridized carbons (Fsp3) is 0.404. The van der Waals surface area contributed by atoms with Gasteiger partial charge in [0.2, 0.25) is 0 Å². The zero-order valence-corrected chi connectivity index (χ0v) is 31.7. The predicted molar refractivity (Wildman–Crippen MR) is 218 cm³/mol. The van der Waals surface area contributed by atoms with Crippen molar-refractivity contribution in [2.45, 2.75) is 123 Å². The summed E-state index contributed by atoms with van der Waals surface area (Å²) in [5.41, 5.74) is 6.84. The number of ketones is 1. The molecule has 5 nitrogen and oxygen atoms in total. The molecule has 1 aromatic heterocycles. The summed E-state index contributed by atoms with van der Waals surface area (Å²) >= 11 is 0. The molecule has 0 spiro atoms. The van der Waals surface area contributed by atoms with Crippen LogP contribution in [0.25, 0.3) is 22.0 Å². The fourth-order valence-electron chi connectivity index (χ4n) is 7.60. The number of para-hydroxylation sites is 1. The number of carbonyl (C=O) groups excluding carboxylic acids is 1. The lowest BCUT2D eigenvalue weighted by Crippen LogP contribution is -2.21. The molecule has 2 N–H and O–H groups in total. The molecule has 0 saturated heterocycles. The Morgan fingerprint density at radius 2 is 1.27 bits per heavy atom. The number of ether oxygens (including phenoxy) is 1. The predicted octanol–water partition coefficient (Wildman–Crippen LogP) is 13.2. The molecule has 0 aliphatic heterocycles. The van der Waals surface area contributed by atoms with Crippen LogP contribution in [0.4, 0.5) is 11.4 Å². The third kappa shape index (κ3) is 8.36. The molecule has 0 radical (unpaired) electrons. The number of rotatable bonds is 19. The number of anilines is 2. The summed E-state index contributed by atoms with van der Waals surface area (Å²) in [5, 5.41) is 4.28. The minimum atomic E-state index is -0.116. The molecule has 0 bridgehead atoms. The largest absolute Gasteiger partial charge is 0.455 e. The second-order valence-electron chi connectivity index (χ2n) is 15.2. The van der Waals surface area contributed by atoms with Crippen molar-refractivity contribution in [1.82, 2.24) is 4.98 Å². The molecule has 1 heterocycles. The number of fused-ring (bicyclic) bond motifs is 2. The van der Waals surface area contributed by atoms with Gasteiger partial charge in [-0.2, -0.15) is 0 Å². The standard InChI is InChI=1S/C47H56N2O3/c1-5-7-8-9-10-11-12-13-14-15-16-20-27-38-41-36-25-21-22-26-37(36)45(50)42-39(48-34-23-18-17-19-24-34)32-40(44(43(41)42)49-46(38)51)52-35-30-28-33(29-31-35)47(3,4)6-2/h17-19,21-26,28-32,48H,5-16,20,27H2,1-4H3,(H,49,51). The maximum atomic E-state index is 14.4. The Labute approximate surface area is 310 Å². The number of aromatic nitrogens is 1. The Morgan fingerprint density at radius 1 is 0.673 bits per heavy atom. The molecular weight excluding hydrogens is 641 g/mol. The van der Waals surface area contributed by atoms with E-state index in [9.17, 15) is 9.59 Å². The monoisotopic (exact) mass is 696 g/mol. The summed E-state index contributed by atoms with van der Waals surface area (Å²) in [6.45, 7) is 8.95. The van der Waals surface area contributed by atoms with Crippen LogP contribution in [-0.4, -0.2) is 10.8 Å². The molecule has 6 rings (SSSR count). The van der Waals surface area contributed by atoms with Crippen LogP contribution in [0.3, 0.4) is 0 Å². The molecule has 0 saturated carbocycles. The number of hydrogen-bond acceptors (Lipinski definition) is 4. The van der Waals surface area contributed by atoms with Crippen molar-refractivity contribution in [3.05, 3.63) is 118 Å². The van der Waals surface area contributed by atoms with Gasteiger partial charge in [0.05, 0.1) is 16.8 Å². The molecule has 4 aromatic carbocycles. The first-order chi connectivity index (χ1) is 25.3. The van der Waals surface area contributed by atoms with Crippen molar-refractivity contribution in [3.8, 4) is 22.6 Å². The molecule has 0 amide bonds. The van der Waals surface area contributed by atoms with Gasteiger partial charge in [-0.15, -0.1) is 0 Å². The number of pyridine rings is 1. The van der Waals surface area contributed by atoms with Crippen molar-refractivity contribution >= 4 is 28.1 Å². The van der Waals surface area contributed by atoms with Gasteiger partial charge in [-0.3, -0.25) is 9.59 Å². The quantitative estimate of drug-likeness (QED) is 0.0827. The minimum Gasteiger partial charge on any atom is -0.455 e. The van der Waals surface area contributed by atoms with Gasteiger partial charge in [-0.05, 0) is 60.1 Å². The summed E-state index contributed by atoms with van der Waals surface area (Å²) in [4.78, 5) is 31.8. The number of aromatic amines is 1. The molecule has 0 fully saturated rings. The zero-order valence-electron chi connectivity index (χ0n) is 31.7. The van der Waals surface area contributed by atoms with Gasteiger partial charge in [0.1, 0.15) is 5.75 Å². The van der Waals surface area contributed by atoms with Gasteiger partial charge in [0.25, 0.3) is 5.56 Å². The Balaban J connectivity index is 1.34. The Bertz CT molecular complexity index is 2030. The summed E-state index contributed by atoms with van der Waals surface area (Å²) < 4.78 is 6.62. The van der Waals surface area contributed by atoms with Gasteiger partial charge in [0, 0.05) is 33.8 Å². The summed E-state index contributed by atoms with van der Waals surface area (Å²) in [5.74, 6) is 1.11. The molecule has 0 unspecified atom stereocenters. The Hall–Kier alpha value is -4.64. The topological polar surface area (TPSA) is 71.2 Å².